The van der Waals surface area contributed by atoms with Crippen molar-refractivity contribution >= 4 is 164 Å². The maximum absolute atomic E-state index is 16.3. The molecule has 108 heavy (non-hydrogen) atoms. The number of nitrogens with zero attached hydrogens (tertiary/aromatic N) is 2. The Kier molecular flexibility index (Phi) is 13.6. The second-order valence-corrected chi connectivity index (χ2v) is 30.9. The van der Waals surface area contributed by atoms with E-state index in [4.69, 9.17) is 9.47 Å². The summed E-state index contributed by atoms with van der Waals surface area (Å²) in [5, 5.41) is 24.1. The molecule has 0 fully saturated rings. The van der Waals surface area contributed by atoms with Crippen LogP contribution in [0.4, 0.5) is 11.4 Å². The van der Waals surface area contributed by atoms with E-state index in [1.54, 1.807) is 0 Å². The highest BCUT2D eigenvalue weighted by molar-refractivity contribution is 6.47. The van der Waals surface area contributed by atoms with Gasteiger partial charge in [0.25, 0.3) is 23.6 Å². The van der Waals surface area contributed by atoms with Crippen molar-refractivity contribution in [1.82, 2.24) is 0 Å². The van der Waals surface area contributed by atoms with Crippen molar-refractivity contribution in [3.8, 4) is 45.3 Å². The Labute approximate surface area is 622 Å². The molecule has 0 saturated heterocycles. The van der Waals surface area contributed by atoms with Crippen LogP contribution in [0.25, 0.3) is 152 Å². The van der Waals surface area contributed by atoms with Gasteiger partial charge in [-0.15, -0.1) is 0 Å². The van der Waals surface area contributed by atoms with Gasteiger partial charge in [-0.05, 0) is 214 Å². The van der Waals surface area contributed by atoms with Crippen molar-refractivity contribution in [3.05, 3.63) is 299 Å². The number of hydrogen-bond donors (Lipinski definition) is 0. The van der Waals surface area contributed by atoms with Crippen LogP contribution in [0.1, 0.15) is 143 Å². The summed E-state index contributed by atoms with van der Waals surface area (Å²) in [4.78, 5) is 67.4. The molecule has 2 aliphatic heterocycles. The SMILES string of the molecule is CC(C)c1cccc(C(C)C)c1N1C(=O)c2ccc3c4c(Oc5ccc(-c6ccc7c8cccc9cccc(c%10cccc6c%107)c98)cc5)cc5c6c(ccc(c7c(Oc8ccc(-c9ccc%10c%11cccc%12cccc(c%13cccc9c%13%10)c%12%11)cc8)cc(c2c37)C1=O)c64)C(=O)N(c1c(C(C)C)cccc1C(C)C)C5=O. The van der Waals surface area contributed by atoms with Crippen LogP contribution >= 0.6 is 0 Å². The first-order valence-corrected chi connectivity index (χ1v) is 37.6. The molecule has 516 valence electrons. The van der Waals surface area contributed by atoms with E-state index >= 15 is 19.2 Å². The Morgan fingerprint density at radius 3 is 0.852 bits per heavy atom. The Balaban J connectivity index is 0.786. The molecule has 2 heterocycles. The average molecular weight is 1400 g/mol. The topological polar surface area (TPSA) is 93.2 Å². The third-order valence-electron chi connectivity index (χ3n) is 23.7. The van der Waals surface area contributed by atoms with E-state index in [1.165, 1.54) is 85.2 Å². The third-order valence-corrected chi connectivity index (χ3v) is 23.7. The molecule has 19 aromatic carbocycles. The number of ether oxygens (including phenoxy) is 2. The standard InChI is InChI=1S/C100H70N2O6/c1-51(2)61-21-13-22-62(52(3)4)95(61)101-97(103)79-47-45-77-92-84(108-60-39-35-56(36-40-60)66-42-44-76-72-28-12-20-58-18-10-26-70(86(58)72)74-32-16-30-68(66)88(74)76)50-82-90-80(98(104)102(100(82)106)96-63(53(5)6)23-14-24-64(96)54(7)8)48-46-78(94(90)92)91-83(49-81(99(101)105)89(79)93(77)91)107-59-37-33-55(34-38-59)65-41-43-75-71-27-11-19-57-17-9-25-69(85(57)71)73-31-15-29-67(65)87(73)75/h9-54H,1-8H3. The van der Waals surface area contributed by atoms with Crippen molar-refractivity contribution in [3.63, 3.8) is 0 Å². The van der Waals surface area contributed by atoms with E-state index < -0.39 is 23.6 Å². The zero-order valence-electron chi connectivity index (χ0n) is 60.9. The van der Waals surface area contributed by atoms with Crippen LogP contribution in [0.3, 0.4) is 0 Å². The molecule has 0 spiro atoms. The minimum atomic E-state index is -0.475. The molecule has 2 aliphatic rings. The highest BCUT2D eigenvalue weighted by Crippen LogP contribution is 2.56. The number of benzene rings is 19. The fourth-order valence-corrected chi connectivity index (χ4v) is 19.0. The largest absolute Gasteiger partial charge is 0.457 e. The van der Waals surface area contributed by atoms with Gasteiger partial charge in [-0.1, -0.05) is 262 Å². The van der Waals surface area contributed by atoms with E-state index in [9.17, 15) is 0 Å². The van der Waals surface area contributed by atoms with Gasteiger partial charge in [0.1, 0.15) is 23.0 Å². The Morgan fingerprint density at radius 2 is 0.509 bits per heavy atom. The van der Waals surface area contributed by atoms with E-state index in [-0.39, 0.29) is 23.7 Å². The molecule has 0 saturated carbocycles. The van der Waals surface area contributed by atoms with Gasteiger partial charge in [-0.2, -0.15) is 0 Å². The highest BCUT2D eigenvalue weighted by atomic mass is 16.5. The first-order valence-electron chi connectivity index (χ1n) is 37.6. The summed E-state index contributed by atoms with van der Waals surface area (Å²) in [6.45, 7) is 16.7. The number of para-hydroxylation sites is 2. The Hall–Kier alpha value is -13.0. The first kappa shape index (κ1) is 63.4. The monoisotopic (exact) mass is 1390 g/mol. The summed E-state index contributed by atoms with van der Waals surface area (Å²) in [5.74, 6) is -0.228. The number of carbonyl (C=O) groups excluding carboxylic acids is 4. The van der Waals surface area contributed by atoms with Crippen LogP contribution < -0.4 is 19.3 Å². The first-order chi connectivity index (χ1) is 52.6. The highest BCUT2D eigenvalue weighted by Gasteiger charge is 2.43. The maximum atomic E-state index is 16.3. The molecule has 0 unspecified atom stereocenters. The predicted octanol–water partition coefficient (Wildman–Crippen LogP) is 26.9. The van der Waals surface area contributed by atoms with Gasteiger partial charge >= 0.3 is 0 Å². The van der Waals surface area contributed by atoms with Crippen LogP contribution in [0.15, 0.2) is 255 Å². The molecule has 0 aromatic heterocycles. The molecule has 21 rings (SSSR count). The molecule has 0 radical (unpaired) electrons. The summed E-state index contributed by atoms with van der Waals surface area (Å²) in [6.07, 6.45) is 0. The van der Waals surface area contributed by atoms with Crippen molar-refractivity contribution in [2.75, 3.05) is 9.80 Å². The minimum Gasteiger partial charge on any atom is -0.457 e. The molecule has 4 amide bonds. The normalized spacial score (nSPS) is 13.6. The molecule has 0 atom stereocenters. The lowest BCUT2D eigenvalue weighted by Gasteiger charge is -2.34. The number of anilines is 2. The lowest BCUT2D eigenvalue weighted by molar-refractivity contribution is 0.0877. The van der Waals surface area contributed by atoms with Gasteiger partial charge in [0, 0.05) is 43.4 Å². The van der Waals surface area contributed by atoms with Gasteiger partial charge in [-0.3, -0.25) is 19.2 Å². The Bertz CT molecular complexity index is 6620. The summed E-state index contributed by atoms with van der Waals surface area (Å²) in [5.41, 5.74) is 10.2. The number of amides is 4. The van der Waals surface area contributed by atoms with Gasteiger partial charge in [0.15, 0.2) is 0 Å². The summed E-state index contributed by atoms with van der Waals surface area (Å²) >= 11 is 0. The zero-order valence-corrected chi connectivity index (χ0v) is 60.9. The second kappa shape index (κ2) is 23.2. The summed E-state index contributed by atoms with van der Waals surface area (Å²) in [7, 11) is 0. The predicted molar refractivity (Wildman–Crippen MR) is 445 cm³/mol. The van der Waals surface area contributed by atoms with Gasteiger partial charge < -0.3 is 9.47 Å². The van der Waals surface area contributed by atoms with Crippen molar-refractivity contribution in [2.24, 2.45) is 0 Å². The quantitative estimate of drug-likeness (QED) is 0.0687. The van der Waals surface area contributed by atoms with Crippen LogP contribution in [-0.4, -0.2) is 23.6 Å². The van der Waals surface area contributed by atoms with Gasteiger partial charge in [-0.25, -0.2) is 9.80 Å². The number of fused-ring (bicyclic) bond motifs is 6. The smallest absolute Gasteiger partial charge is 0.266 e. The lowest BCUT2D eigenvalue weighted by atomic mass is 9.80. The van der Waals surface area contributed by atoms with Crippen molar-refractivity contribution in [1.29, 1.82) is 0 Å². The Morgan fingerprint density at radius 1 is 0.231 bits per heavy atom. The molecule has 8 heteroatoms. The average Bonchev–Trinajstić information content (AvgIpc) is 0.679. The molecule has 0 aliphatic carbocycles. The summed E-state index contributed by atoms with van der Waals surface area (Å²) in [6, 6.07) is 88.0. The van der Waals surface area contributed by atoms with E-state index in [2.05, 4.69) is 213 Å². The molecule has 8 nitrogen and oxygen atoms in total. The number of hydrogen-bond acceptors (Lipinski definition) is 6. The molecule has 0 bridgehead atoms. The molecule has 0 N–H and O–H groups in total. The number of rotatable bonds is 12. The van der Waals surface area contributed by atoms with E-state index in [0.29, 0.717) is 99.7 Å². The van der Waals surface area contributed by atoms with Crippen LogP contribution in [0, 0.1) is 0 Å². The molecular formula is C100H70N2O6. The van der Waals surface area contributed by atoms with Gasteiger partial charge in [0.05, 0.1) is 22.5 Å². The van der Waals surface area contributed by atoms with Gasteiger partial charge in [0.2, 0.25) is 0 Å². The third kappa shape index (κ3) is 8.80. The summed E-state index contributed by atoms with van der Waals surface area (Å²) < 4.78 is 14.8. The van der Waals surface area contributed by atoms with Crippen LogP contribution in [-0.2, 0) is 0 Å². The number of imide groups is 2. The molecule has 19 aromatic rings. The maximum Gasteiger partial charge on any atom is 0.266 e. The lowest BCUT2D eigenvalue weighted by Crippen LogP contribution is -2.42. The minimum absolute atomic E-state index is 0.0330. The number of carbonyl (C=O) groups is 4. The van der Waals surface area contributed by atoms with Crippen LogP contribution in [0.5, 0.6) is 23.0 Å². The molecular weight excluding hydrogens is 1330 g/mol. The second-order valence-electron chi connectivity index (χ2n) is 30.9. The fourth-order valence-electron chi connectivity index (χ4n) is 19.0. The fraction of sp³-hybridized carbons (Fsp3) is 0.120. The van der Waals surface area contributed by atoms with Crippen molar-refractivity contribution < 1.29 is 28.7 Å². The van der Waals surface area contributed by atoms with E-state index in [1.807, 2.05) is 97.1 Å². The zero-order chi connectivity index (χ0) is 73.1. The van der Waals surface area contributed by atoms with Crippen LogP contribution in [0.2, 0.25) is 0 Å². The van der Waals surface area contributed by atoms with E-state index in [0.717, 1.165) is 55.3 Å². The van der Waals surface area contributed by atoms with Crippen molar-refractivity contribution in [2.45, 2.75) is 79.1 Å².